The van der Waals surface area contributed by atoms with E-state index >= 15 is 0 Å². The van der Waals surface area contributed by atoms with Gasteiger partial charge in [-0.25, -0.2) is 4.98 Å². The maximum atomic E-state index is 4.60. The van der Waals surface area contributed by atoms with E-state index in [1.807, 2.05) is 12.4 Å². The fourth-order valence-electron chi connectivity index (χ4n) is 5.02. The first-order chi connectivity index (χ1) is 18.4. The normalized spacial score (nSPS) is 11.0. The standard InChI is InChI=1S/C31H27N3.C4H8/c1-20-5-11-30-24(15-20)13-14-33(30)25-7-9-27(22(3)17-25)28-10-8-26(18-23(28)4)34-19-32-29-16-21(2)6-12-31(29)34;1-3-4-2/h5-19H,1-4H3;3H,1,4H2,2H3. The molecule has 190 valence electrons. The van der Waals surface area contributed by atoms with Crippen LogP contribution in [0.3, 0.4) is 0 Å². The summed E-state index contributed by atoms with van der Waals surface area (Å²) >= 11 is 0. The first-order valence-corrected chi connectivity index (χ1v) is 13.2. The molecule has 38 heavy (non-hydrogen) atoms. The van der Waals surface area contributed by atoms with Gasteiger partial charge in [-0.05, 0) is 117 Å². The molecular weight excluding hydrogens is 462 g/mol. The van der Waals surface area contributed by atoms with E-state index in [4.69, 9.17) is 0 Å². The predicted octanol–water partition coefficient (Wildman–Crippen LogP) is 9.45. The third kappa shape index (κ3) is 4.80. The van der Waals surface area contributed by atoms with Crippen molar-refractivity contribution in [3.05, 3.63) is 126 Å². The van der Waals surface area contributed by atoms with Gasteiger partial charge in [0.1, 0.15) is 6.33 Å². The first-order valence-electron chi connectivity index (χ1n) is 13.2. The van der Waals surface area contributed by atoms with Crippen molar-refractivity contribution in [1.82, 2.24) is 14.1 Å². The number of allylic oxidation sites excluding steroid dienone is 1. The minimum Gasteiger partial charge on any atom is -0.317 e. The lowest BCUT2D eigenvalue weighted by Gasteiger charge is -2.14. The van der Waals surface area contributed by atoms with E-state index in [-0.39, 0.29) is 0 Å². The third-order valence-corrected chi connectivity index (χ3v) is 7.10. The Balaban J connectivity index is 0.000000689. The molecule has 0 bridgehead atoms. The van der Waals surface area contributed by atoms with E-state index in [1.165, 1.54) is 50.0 Å². The summed E-state index contributed by atoms with van der Waals surface area (Å²) < 4.78 is 4.44. The average molecular weight is 498 g/mol. The lowest BCUT2D eigenvalue weighted by molar-refractivity contribution is 1.09. The lowest BCUT2D eigenvalue weighted by atomic mass is 9.95. The Kier molecular flexibility index (Phi) is 7.02. The molecule has 0 saturated heterocycles. The molecule has 0 unspecified atom stereocenters. The Bertz CT molecular complexity index is 1640. The molecule has 0 saturated carbocycles. The zero-order chi connectivity index (χ0) is 26.8. The summed E-state index contributed by atoms with van der Waals surface area (Å²) in [5, 5.41) is 1.27. The van der Waals surface area contributed by atoms with Crippen LogP contribution in [-0.4, -0.2) is 14.1 Å². The number of hydrogen-bond donors (Lipinski definition) is 0. The summed E-state index contributed by atoms with van der Waals surface area (Å²) in [6.07, 6.45) is 7.04. The molecule has 0 aliphatic carbocycles. The second-order valence-corrected chi connectivity index (χ2v) is 10.1. The van der Waals surface area contributed by atoms with Crippen LogP contribution >= 0.6 is 0 Å². The van der Waals surface area contributed by atoms with Crippen LogP contribution in [0.25, 0.3) is 44.4 Å². The number of aromatic nitrogens is 3. The lowest BCUT2D eigenvalue weighted by Crippen LogP contribution is -1.96. The van der Waals surface area contributed by atoms with Crippen molar-refractivity contribution in [2.24, 2.45) is 0 Å². The second-order valence-electron chi connectivity index (χ2n) is 10.1. The molecule has 4 aromatic carbocycles. The van der Waals surface area contributed by atoms with E-state index in [9.17, 15) is 0 Å². The van der Waals surface area contributed by atoms with Crippen molar-refractivity contribution in [2.45, 2.75) is 41.0 Å². The molecule has 0 amide bonds. The van der Waals surface area contributed by atoms with Crippen LogP contribution in [0.4, 0.5) is 0 Å². The Morgan fingerprint density at radius 3 is 1.87 bits per heavy atom. The van der Waals surface area contributed by atoms with Gasteiger partial charge in [-0.1, -0.05) is 42.8 Å². The summed E-state index contributed by atoms with van der Waals surface area (Å²) in [5.41, 5.74) is 13.3. The minimum atomic E-state index is 1.03. The Labute approximate surface area is 225 Å². The minimum absolute atomic E-state index is 1.03. The van der Waals surface area contributed by atoms with Crippen molar-refractivity contribution in [1.29, 1.82) is 0 Å². The van der Waals surface area contributed by atoms with Crippen molar-refractivity contribution in [3.8, 4) is 22.5 Å². The second kappa shape index (κ2) is 10.5. The molecule has 0 spiro atoms. The summed E-state index contributed by atoms with van der Waals surface area (Å²) in [5.74, 6) is 0. The van der Waals surface area contributed by atoms with Crippen LogP contribution in [0.5, 0.6) is 0 Å². The maximum absolute atomic E-state index is 4.60. The van der Waals surface area contributed by atoms with Gasteiger partial charge in [-0.3, -0.25) is 4.57 Å². The molecule has 6 aromatic rings. The van der Waals surface area contributed by atoms with Gasteiger partial charge >= 0.3 is 0 Å². The highest BCUT2D eigenvalue weighted by molar-refractivity contribution is 5.83. The molecule has 0 fully saturated rings. The van der Waals surface area contributed by atoms with Crippen LogP contribution in [0.1, 0.15) is 35.6 Å². The number of benzene rings is 4. The van der Waals surface area contributed by atoms with Crippen molar-refractivity contribution in [3.63, 3.8) is 0 Å². The third-order valence-electron chi connectivity index (χ3n) is 7.10. The number of rotatable bonds is 4. The molecule has 0 aliphatic heterocycles. The number of aryl methyl sites for hydroxylation is 4. The highest BCUT2D eigenvalue weighted by Gasteiger charge is 2.11. The topological polar surface area (TPSA) is 22.8 Å². The van der Waals surface area contributed by atoms with Gasteiger partial charge in [0, 0.05) is 23.0 Å². The molecule has 2 heterocycles. The van der Waals surface area contributed by atoms with Crippen LogP contribution in [0, 0.1) is 27.7 Å². The Hall–Kier alpha value is -4.37. The molecule has 3 heteroatoms. The summed E-state index contributed by atoms with van der Waals surface area (Å²) in [4.78, 5) is 4.60. The van der Waals surface area contributed by atoms with Gasteiger partial charge in [0.15, 0.2) is 0 Å². The van der Waals surface area contributed by atoms with E-state index in [0.29, 0.717) is 0 Å². The molecule has 3 nitrogen and oxygen atoms in total. The molecule has 0 aliphatic rings. The van der Waals surface area contributed by atoms with Crippen molar-refractivity contribution < 1.29 is 0 Å². The molecule has 0 radical (unpaired) electrons. The average Bonchev–Trinajstić information content (AvgIpc) is 3.52. The molecular formula is C35H35N3. The maximum Gasteiger partial charge on any atom is 0.100 e. The highest BCUT2D eigenvalue weighted by Crippen LogP contribution is 2.31. The SMILES string of the molecule is C=CCC.Cc1ccc2c(ccn2-c2ccc(-c3ccc(-n4cnc5cc(C)ccc54)cc3C)c(C)c2)c1. The van der Waals surface area contributed by atoms with Gasteiger partial charge in [0.25, 0.3) is 0 Å². The monoisotopic (exact) mass is 497 g/mol. The van der Waals surface area contributed by atoms with Crippen LogP contribution in [-0.2, 0) is 0 Å². The smallest absolute Gasteiger partial charge is 0.100 e. The zero-order valence-electron chi connectivity index (χ0n) is 23.0. The quantitative estimate of drug-likeness (QED) is 0.222. The summed E-state index contributed by atoms with van der Waals surface area (Å²) in [6.45, 7) is 14.2. The van der Waals surface area contributed by atoms with Gasteiger partial charge in [-0.15, -0.1) is 6.58 Å². The Morgan fingerprint density at radius 1 is 0.684 bits per heavy atom. The van der Waals surface area contributed by atoms with Gasteiger partial charge in [0.05, 0.1) is 16.6 Å². The van der Waals surface area contributed by atoms with E-state index < -0.39 is 0 Å². The summed E-state index contributed by atoms with van der Waals surface area (Å²) in [7, 11) is 0. The van der Waals surface area contributed by atoms with Crippen LogP contribution in [0.2, 0.25) is 0 Å². The fraction of sp³-hybridized carbons (Fsp3) is 0.171. The number of nitrogens with zero attached hydrogens (tertiary/aromatic N) is 3. The molecule has 0 N–H and O–H groups in total. The van der Waals surface area contributed by atoms with E-state index in [2.05, 4.69) is 140 Å². The van der Waals surface area contributed by atoms with Crippen molar-refractivity contribution in [2.75, 3.05) is 0 Å². The molecule has 2 aromatic heterocycles. The molecule has 6 rings (SSSR count). The summed E-state index contributed by atoms with van der Waals surface area (Å²) in [6, 6.07) is 28.7. The van der Waals surface area contributed by atoms with Gasteiger partial charge in [0.2, 0.25) is 0 Å². The highest BCUT2D eigenvalue weighted by atomic mass is 15.0. The van der Waals surface area contributed by atoms with Crippen LogP contribution in [0.15, 0.2) is 104 Å². The number of hydrogen-bond acceptors (Lipinski definition) is 1. The Morgan fingerprint density at radius 2 is 1.26 bits per heavy atom. The van der Waals surface area contributed by atoms with E-state index in [0.717, 1.165) is 23.1 Å². The number of fused-ring (bicyclic) bond motifs is 2. The predicted molar refractivity (Wildman–Crippen MR) is 163 cm³/mol. The van der Waals surface area contributed by atoms with Gasteiger partial charge < -0.3 is 4.57 Å². The van der Waals surface area contributed by atoms with Crippen molar-refractivity contribution >= 4 is 21.9 Å². The fourth-order valence-corrected chi connectivity index (χ4v) is 5.02. The molecule has 0 atom stereocenters. The van der Waals surface area contributed by atoms with Crippen LogP contribution < -0.4 is 0 Å². The zero-order valence-corrected chi connectivity index (χ0v) is 23.0. The van der Waals surface area contributed by atoms with Gasteiger partial charge in [-0.2, -0.15) is 0 Å². The first kappa shape index (κ1) is 25.3. The number of imidazole rings is 1. The van der Waals surface area contributed by atoms with E-state index in [1.54, 1.807) is 0 Å². The largest absolute Gasteiger partial charge is 0.317 e.